The van der Waals surface area contributed by atoms with Crippen LogP contribution in [0.1, 0.15) is 26.2 Å². The molecule has 6 heteroatoms. The van der Waals surface area contributed by atoms with Crippen LogP contribution in [-0.2, 0) is 4.79 Å². The number of rotatable bonds is 4. The minimum Gasteiger partial charge on any atom is -0.335 e. The van der Waals surface area contributed by atoms with E-state index in [2.05, 4.69) is 5.32 Å². The number of carbonyl (C=O) groups is 1. The van der Waals surface area contributed by atoms with Gasteiger partial charge in [0.05, 0.1) is 0 Å². The Hall–Kier alpha value is -0.780. The summed E-state index contributed by atoms with van der Waals surface area (Å²) in [5.74, 6) is -1.26. The van der Waals surface area contributed by atoms with Crippen molar-refractivity contribution in [2.45, 2.75) is 32.4 Å². The Morgan fingerprint density at radius 1 is 1.35 bits per heavy atom. The molecule has 100 valence electrons. The number of amides is 1. The van der Waals surface area contributed by atoms with Crippen molar-refractivity contribution >= 4 is 5.91 Å². The molecule has 0 atom stereocenters. The largest absolute Gasteiger partial charge is 0.471 e. The second-order valence-electron chi connectivity index (χ2n) is 4.38. The lowest BCUT2D eigenvalue weighted by atomic mass is 9.93. The summed E-state index contributed by atoms with van der Waals surface area (Å²) in [7, 11) is 0. The van der Waals surface area contributed by atoms with E-state index in [1.54, 1.807) is 0 Å². The zero-order valence-corrected chi connectivity index (χ0v) is 10.0. The Labute approximate surface area is 99.4 Å². The summed E-state index contributed by atoms with van der Waals surface area (Å²) >= 11 is 0. The first-order chi connectivity index (χ1) is 7.95. The molecule has 0 aliphatic carbocycles. The fraction of sp³-hybridized carbons (Fsp3) is 0.909. The van der Waals surface area contributed by atoms with Gasteiger partial charge in [0.2, 0.25) is 0 Å². The van der Waals surface area contributed by atoms with Crippen molar-refractivity contribution in [1.29, 1.82) is 0 Å². The zero-order valence-electron chi connectivity index (χ0n) is 10.0. The van der Waals surface area contributed by atoms with Crippen LogP contribution in [0.3, 0.4) is 0 Å². The third-order valence-electron chi connectivity index (χ3n) is 3.12. The molecule has 1 amide bonds. The van der Waals surface area contributed by atoms with Crippen LogP contribution in [0.2, 0.25) is 0 Å². The summed E-state index contributed by atoms with van der Waals surface area (Å²) in [6.45, 7) is 4.29. The van der Waals surface area contributed by atoms with Crippen LogP contribution in [0.15, 0.2) is 0 Å². The molecule has 0 aromatic rings. The monoisotopic (exact) mass is 252 g/mol. The smallest absolute Gasteiger partial charge is 0.335 e. The standard InChI is InChI=1S/C11H19F3N2O/c1-2-15-6-3-9-4-7-16(8-5-9)10(17)11(12,13)14/h9,15H,2-8H2,1H3. The summed E-state index contributed by atoms with van der Waals surface area (Å²) < 4.78 is 36.5. The molecule has 0 saturated carbocycles. The summed E-state index contributed by atoms with van der Waals surface area (Å²) in [6.07, 6.45) is -2.40. The van der Waals surface area contributed by atoms with E-state index < -0.39 is 12.1 Å². The van der Waals surface area contributed by atoms with Crippen LogP contribution < -0.4 is 5.32 Å². The van der Waals surface area contributed by atoms with Crippen molar-refractivity contribution < 1.29 is 18.0 Å². The second kappa shape index (κ2) is 6.23. The molecular weight excluding hydrogens is 233 g/mol. The summed E-state index contributed by atoms with van der Waals surface area (Å²) in [6, 6.07) is 0. The van der Waals surface area contributed by atoms with Gasteiger partial charge in [0.1, 0.15) is 0 Å². The number of nitrogens with zero attached hydrogens (tertiary/aromatic N) is 1. The number of halogens is 3. The topological polar surface area (TPSA) is 32.3 Å². The van der Waals surface area contributed by atoms with Crippen molar-refractivity contribution in [2.24, 2.45) is 5.92 Å². The van der Waals surface area contributed by atoms with Crippen molar-refractivity contribution in [3.05, 3.63) is 0 Å². The first-order valence-electron chi connectivity index (χ1n) is 6.02. The van der Waals surface area contributed by atoms with Crippen molar-refractivity contribution in [3.63, 3.8) is 0 Å². The number of likely N-dealkylation sites (tertiary alicyclic amines) is 1. The Bertz CT molecular complexity index is 248. The molecule has 0 spiro atoms. The molecule has 0 aromatic heterocycles. The maximum absolute atomic E-state index is 12.2. The van der Waals surface area contributed by atoms with Crippen molar-refractivity contribution in [1.82, 2.24) is 10.2 Å². The summed E-state index contributed by atoms with van der Waals surface area (Å²) in [5, 5.41) is 3.19. The van der Waals surface area contributed by atoms with Gasteiger partial charge in [0.15, 0.2) is 0 Å². The van der Waals surface area contributed by atoms with E-state index in [9.17, 15) is 18.0 Å². The third kappa shape index (κ3) is 4.53. The molecule has 1 heterocycles. The molecule has 17 heavy (non-hydrogen) atoms. The van der Waals surface area contributed by atoms with E-state index >= 15 is 0 Å². The Balaban J connectivity index is 2.28. The van der Waals surface area contributed by atoms with Gasteiger partial charge < -0.3 is 10.2 Å². The van der Waals surface area contributed by atoms with Crippen LogP contribution in [0, 0.1) is 5.92 Å². The Morgan fingerprint density at radius 3 is 2.41 bits per heavy atom. The number of nitrogens with one attached hydrogen (secondary N) is 1. The molecule has 1 N–H and O–H groups in total. The average molecular weight is 252 g/mol. The van der Waals surface area contributed by atoms with Gasteiger partial charge in [-0.2, -0.15) is 13.2 Å². The quantitative estimate of drug-likeness (QED) is 0.774. The van der Waals surface area contributed by atoms with Gasteiger partial charge in [-0.3, -0.25) is 4.79 Å². The lowest BCUT2D eigenvalue weighted by Crippen LogP contribution is -2.45. The summed E-state index contributed by atoms with van der Waals surface area (Å²) in [4.78, 5) is 11.9. The van der Waals surface area contributed by atoms with E-state index in [-0.39, 0.29) is 13.1 Å². The predicted molar refractivity (Wildman–Crippen MR) is 58.5 cm³/mol. The van der Waals surface area contributed by atoms with E-state index in [1.807, 2.05) is 6.92 Å². The molecule has 0 unspecified atom stereocenters. The predicted octanol–water partition coefficient (Wildman–Crippen LogP) is 1.79. The number of hydrogen-bond acceptors (Lipinski definition) is 2. The maximum Gasteiger partial charge on any atom is 0.471 e. The molecule has 1 fully saturated rings. The van der Waals surface area contributed by atoms with Crippen LogP contribution in [-0.4, -0.2) is 43.2 Å². The molecule has 1 aliphatic rings. The number of carbonyl (C=O) groups excluding carboxylic acids is 1. The normalized spacial score (nSPS) is 18.5. The van der Waals surface area contributed by atoms with Crippen LogP contribution >= 0.6 is 0 Å². The van der Waals surface area contributed by atoms with E-state index in [0.717, 1.165) is 24.4 Å². The van der Waals surface area contributed by atoms with Crippen LogP contribution in [0.4, 0.5) is 13.2 Å². The van der Waals surface area contributed by atoms with Crippen molar-refractivity contribution in [2.75, 3.05) is 26.2 Å². The summed E-state index contributed by atoms with van der Waals surface area (Å²) in [5.41, 5.74) is 0. The van der Waals surface area contributed by atoms with E-state index in [0.29, 0.717) is 18.8 Å². The van der Waals surface area contributed by atoms with Gasteiger partial charge in [0, 0.05) is 13.1 Å². The first kappa shape index (κ1) is 14.3. The van der Waals surface area contributed by atoms with Crippen LogP contribution in [0.5, 0.6) is 0 Å². The van der Waals surface area contributed by atoms with E-state index in [1.165, 1.54) is 0 Å². The fourth-order valence-electron chi connectivity index (χ4n) is 2.09. The van der Waals surface area contributed by atoms with Gasteiger partial charge in [-0.15, -0.1) is 0 Å². The minimum absolute atomic E-state index is 0.231. The molecule has 0 aromatic carbocycles. The van der Waals surface area contributed by atoms with Gasteiger partial charge in [-0.25, -0.2) is 0 Å². The molecule has 3 nitrogen and oxygen atoms in total. The van der Waals surface area contributed by atoms with Gasteiger partial charge in [-0.05, 0) is 38.3 Å². The average Bonchev–Trinajstić information content (AvgIpc) is 2.28. The highest BCUT2D eigenvalue weighted by Gasteiger charge is 2.43. The molecule has 1 saturated heterocycles. The molecule has 0 bridgehead atoms. The number of hydrogen-bond donors (Lipinski definition) is 1. The Morgan fingerprint density at radius 2 is 1.94 bits per heavy atom. The number of piperidine rings is 1. The molecule has 1 rings (SSSR count). The van der Waals surface area contributed by atoms with Gasteiger partial charge in [-0.1, -0.05) is 6.92 Å². The van der Waals surface area contributed by atoms with E-state index in [4.69, 9.17) is 0 Å². The number of alkyl halides is 3. The SMILES string of the molecule is CCNCCC1CCN(C(=O)C(F)(F)F)CC1. The third-order valence-corrected chi connectivity index (χ3v) is 3.12. The first-order valence-corrected chi connectivity index (χ1v) is 6.02. The molecule has 1 aliphatic heterocycles. The van der Waals surface area contributed by atoms with Crippen LogP contribution in [0.25, 0.3) is 0 Å². The highest BCUT2D eigenvalue weighted by atomic mass is 19.4. The lowest BCUT2D eigenvalue weighted by molar-refractivity contribution is -0.186. The Kier molecular flexibility index (Phi) is 5.24. The molecular formula is C11H19F3N2O. The zero-order chi connectivity index (χ0) is 12.9. The van der Waals surface area contributed by atoms with Gasteiger partial charge >= 0.3 is 12.1 Å². The fourth-order valence-corrected chi connectivity index (χ4v) is 2.09. The van der Waals surface area contributed by atoms with Gasteiger partial charge in [0.25, 0.3) is 0 Å². The highest BCUT2D eigenvalue weighted by Crippen LogP contribution is 2.25. The van der Waals surface area contributed by atoms with Crippen molar-refractivity contribution in [3.8, 4) is 0 Å². The minimum atomic E-state index is -4.73. The lowest BCUT2D eigenvalue weighted by Gasteiger charge is -2.32. The second-order valence-corrected chi connectivity index (χ2v) is 4.38. The maximum atomic E-state index is 12.2. The highest BCUT2D eigenvalue weighted by molar-refractivity contribution is 5.81. The molecule has 0 radical (unpaired) electrons.